The first kappa shape index (κ1) is 15.2. The van der Waals surface area contributed by atoms with Crippen LogP contribution in [0.1, 0.15) is 15.9 Å². The van der Waals surface area contributed by atoms with Gasteiger partial charge in [-0.05, 0) is 36.4 Å². The molecule has 1 amide bonds. The number of hydrogen-bond donors (Lipinski definition) is 1. The highest BCUT2D eigenvalue weighted by Crippen LogP contribution is 2.27. The molecule has 0 unspecified atom stereocenters. The van der Waals surface area contributed by atoms with Crippen LogP contribution in [0.15, 0.2) is 36.4 Å². The van der Waals surface area contributed by atoms with E-state index in [2.05, 4.69) is 5.32 Å². The number of carbonyl (C=O) groups excluding carboxylic acids is 1. The number of amides is 1. The molecule has 2 rings (SSSR count). The second-order valence-electron chi connectivity index (χ2n) is 4.11. The van der Waals surface area contributed by atoms with Crippen LogP contribution in [0.25, 0.3) is 0 Å². The molecule has 0 aliphatic rings. The fourth-order valence-electron chi connectivity index (χ4n) is 1.74. The number of nitrogens with zero attached hydrogens (tertiary/aromatic N) is 1. The number of ether oxygens (including phenoxy) is 1. The molecule has 6 heteroatoms. The summed E-state index contributed by atoms with van der Waals surface area (Å²) in [5.41, 5.74) is 1.09. The van der Waals surface area contributed by atoms with Gasteiger partial charge in [0.15, 0.2) is 0 Å². The van der Waals surface area contributed by atoms with Gasteiger partial charge in [0, 0.05) is 5.02 Å². The lowest BCUT2D eigenvalue weighted by molar-refractivity contribution is 0.102. The molecule has 2 aromatic rings. The van der Waals surface area contributed by atoms with Crippen molar-refractivity contribution in [3.05, 3.63) is 57.6 Å². The zero-order valence-corrected chi connectivity index (χ0v) is 12.5. The van der Waals surface area contributed by atoms with Crippen LogP contribution in [-0.2, 0) is 0 Å². The van der Waals surface area contributed by atoms with E-state index in [0.29, 0.717) is 22.0 Å². The predicted molar refractivity (Wildman–Crippen MR) is 82.1 cm³/mol. The molecule has 0 aliphatic carbocycles. The molecule has 1 N–H and O–H groups in total. The van der Waals surface area contributed by atoms with Gasteiger partial charge in [-0.3, -0.25) is 4.79 Å². The van der Waals surface area contributed by atoms with E-state index in [-0.39, 0.29) is 10.6 Å². The smallest absolute Gasteiger partial charge is 0.257 e. The maximum atomic E-state index is 12.2. The molecule has 0 spiro atoms. The number of nitrogens with one attached hydrogen (secondary N) is 1. The van der Waals surface area contributed by atoms with Gasteiger partial charge < -0.3 is 10.1 Å². The number of carbonyl (C=O) groups is 1. The van der Waals surface area contributed by atoms with Gasteiger partial charge in [-0.15, -0.1) is 0 Å². The zero-order chi connectivity index (χ0) is 15.4. The molecule has 4 nitrogen and oxygen atoms in total. The average molecular weight is 321 g/mol. The predicted octanol–water partition coefficient (Wildman–Crippen LogP) is 4.13. The number of methoxy groups -OCH3 is 1. The minimum absolute atomic E-state index is 0.246. The van der Waals surface area contributed by atoms with Crippen molar-refractivity contribution in [1.82, 2.24) is 0 Å². The van der Waals surface area contributed by atoms with Crippen LogP contribution < -0.4 is 10.1 Å². The second kappa shape index (κ2) is 6.49. The van der Waals surface area contributed by atoms with E-state index >= 15 is 0 Å². The van der Waals surface area contributed by atoms with Crippen LogP contribution in [0.4, 0.5) is 5.69 Å². The van der Waals surface area contributed by atoms with E-state index in [1.807, 2.05) is 6.07 Å². The van der Waals surface area contributed by atoms with E-state index in [4.69, 9.17) is 33.2 Å². The zero-order valence-electron chi connectivity index (χ0n) is 11.0. The van der Waals surface area contributed by atoms with Crippen LogP contribution in [-0.4, -0.2) is 13.0 Å². The monoisotopic (exact) mass is 320 g/mol. The molecular weight excluding hydrogens is 311 g/mol. The molecule has 0 saturated carbocycles. The van der Waals surface area contributed by atoms with Crippen molar-refractivity contribution in [2.45, 2.75) is 0 Å². The third-order valence-electron chi connectivity index (χ3n) is 2.75. The number of benzene rings is 2. The molecular formula is C15H10Cl2N2O2. The highest BCUT2D eigenvalue weighted by Gasteiger charge is 2.13. The largest absolute Gasteiger partial charge is 0.495 e. The Balaban J connectivity index is 2.33. The Kier molecular flexibility index (Phi) is 4.69. The van der Waals surface area contributed by atoms with Gasteiger partial charge in [-0.25, -0.2) is 0 Å². The molecule has 0 radical (unpaired) electrons. The summed E-state index contributed by atoms with van der Waals surface area (Å²) in [5, 5.41) is 12.3. The molecule has 106 valence electrons. The number of hydrogen-bond acceptors (Lipinski definition) is 3. The van der Waals surface area contributed by atoms with Crippen molar-refractivity contribution in [3.63, 3.8) is 0 Å². The SMILES string of the molecule is COc1ccc(C#N)cc1NC(=O)c1ccc(Cl)cc1Cl. The number of rotatable bonds is 3. The summed E-state index contributed by atoms with van der Waals surface area (Å²) in [4.78, 5) is 12.2. The van der Waals surface area contributed by atoms with Crippen LogP contribution in [0.2, 0.25) is 10.0 Å². The minimum atomic E-state index is -0.412. The topological polar surface area (TPSA) is 62.1 Å². The molecule has 0 aromatic heterocycles. The van der Waals surface area contributed by atoms with E-state index in [0.717, 1.165) is 0 Å². The summed E-state index contributed by atoms with van der Waals surface area (Å²) in [7, 11) is 1.48. The summed E-state index contributed by atoms with van der Waals surface area (Å²) >= 11 is 11.8. The van der Waals surface area contributed by atoms with E-state index < -0.39 is 5.91 Å². The molecule has 21 heavy (non-hydrogen) atoms. The van der Waals surface area contributed by atoms with Crippen LogP contribution in [0.3, 0.4) is 0 Å². The highest BCUT2D eigenvalue weighted by molar-refractivity contribution is 6.37. The first-order chi connectivity index (χ1) is 10.0. The van der Waals surface area contributed by atoms with Gasteiger partial charge in [0.1, 0.15) is 5.75 Å². The highest BCUT2D eigenvalue weighted by atomic mass is 35.5. The third-order valence-corrected chi connectivity index (χ3v) is 3.30. The van der Waals surface area contributed by atoms with Gasteiger partial charge in [-0.1, -0.05) is 23.2 Å². The summed E-state index contributed by atoms with van der Waals surface area (Å²) in [5.74, 6) is 0.0393. The van der Waals surface area contributed by atoms with Crippen molar-refractivity contribution in [2.75, 3.05) is 12.4 Å². The van der Waals surface area contributed by atoms with Crippen LogP contribution >= 0.6 is 23.2 Å². The lowest BCUT2D eigenvalue weighted by Crippen LogP contribution is -2.13. The Hall–Kier alpha value is -2.22. The lowest BCUT2D eigenvalue weighted by atomic mass is 10.1. The van der Waals surface area contributed by atoms with E-state index in [1.54, 1.807) is 18.2 Å². The standard InChI is InChI=1S/C15H10Cl2N2O2/c1-21-14-5-2-9(8-18)6-13(14)19-15(20)11-4-3-10(16)7-12(11)17/h2-7H,1H3,(H,19,20). The van der Waals surface area contributed by atoms with Crippen molar-refractivity contribution < 1.29 is 9.53 Å². The van der Waals surface area contributed by atoms with E-state index in [1.165, 1.54) is 25.3 Å². The number of nitriles is 1. The van der Waals surface area contributed by atoms with Gasteiger partial charge in [0.05, 0.1) is 35.0 Å². The summed E-state index contributed by atoms with van der Waals surface area (Å²) in [6, 6.07) is 11.3. The first-order valence-electron chi connectivity index (χ1n) is 5.89. The van der Waals surface area contributed by atoms with Crippen molar-refractivity contribution in [1.29, 1.82) is 5.26 Å². The fourth-order valence-corrected chi connectivity index (χ4v) is 2.23. The summed E-state index contributed by atoms with van der Waals surface area (Å²) < 4.78 is 5.15. The molecule has 0 aliphatic heterocycles. The van der Waals surface area contributed by atoms with E-state index in [9.17, 15) is 4.79 Å². The molecule has 0 atom stereocenters. The molecule has 0 bridgehead atoms. The Morgan fingerprint density at radius 1 is 1.24 bits per heavy atom. The lowest BCUT2D eigenvalue weighted by Gasteiger charge is -2.11. The van der Waals surface area contributed by atoms with Crippen molar-refractivity contribution in [3.8, 4) is 11.8 Å². The Bertz CT molecular complexity index is 739. The molecule has 2 aromatic carbocycles. The minimum Gasteiger partial charge on any atom is -0.495 e. The van der Waals surface area contributed by atoms with Crippen molar-refractivity contribution in [2.24, 2.45) is 0 Å². The maximum Gasteiger partial charge on any atom is 0.257 e. The van der Waals surface area contributed by atoms with Crippen LogP contribution in [0, 0.1) is 11.3 Å². The van der Waals surface area contributed by atoms with Crippen molar-refractivity contribution >= 4 is 34.8 Å². The normalized spacial score (nSPS) is 9.81. The van der Waals surface area contributed by atoms with Gasteiger partial charge in [0.25, 0.3) is 5.91 Å². The average Bonchev–Trinajstić information content (AvgIpc) is 2.46. The fraction of sp³-hybridized carbons (Fsp3) is 0.0667. The molecule has 0 heterocycles. The Morgan fingerprint density at radius 3 is 2.62 bits per heavy atom. The van der Waals surface area contributed by atoms with Crippen LogP contribution in [0.5, 0.6) is 5.75 Å². The number of halogens is 2. The quantitative estimate of drug-likeness (QED) is 0.925. The second-order valence-corrected chi connectivity index (χ2v) is 4.95. The first-order valence-corrected chi connectivity index (χ1v) is 6.65. The third kappa shape index (κ3) is 3.46. The van der Waals surface area contributed by atoms with Gasteiger partial charge in [0.2, 0.25) is 0 Å². The Morgan fingerprint density at radius 2 is 2.00 bits per heavy atom. The maximum absolute atomic E-state index is 12.2. The molecule has 0 fully saturated rings. The molecule has 0 saturated heterocycles. The summed E-state index contributed by atoms with van der Waals surface area (Å²) in [6.45, 7) is 0. The van der Waals surface area contributed by atoms with Gasteiger partial charge in [-0.2, -0.15) is 5.26 Å². The number of anilines is 1. The summed E-state index contributed by atoms with van der Waals surface area (Å²) in [6.07, 6.45) is 0. The Labute approximate surface area is 131 Å². The van der Waals surface area contributed by atoms with Gasteiger partial charge >= 0.3 is 0 Å².